The maximum atomic E-state index is 11.8. The zero-order chi connectivity index (χ0) is 18.8. The summed E-state index contributed by atoms with van der Waals surface area (Å²) in [5, 5.41) is 4.30. The Morgan fingerprint density at radius 1 is 1.26 bits per heavy atom. The Bertz CT molecular complexity index is 976. The van der Waals surface area contributed by atoms with Gasteiger partial charge >= 0.3 is 0 Å². The first-order chi connectivity index (χ1) is 13.1. The minimum Gasteiger partial charge on any atom is -0.311 e. The van der Waals surface area contributed by atoms with E-state index >= 15 is 0 Å². The monoisotopic (exact) mass is 363 g/mol. The zero-order valence-corrected chi connectivity index (χ0v) is 15.9. The molecule has 0 aliphatic carbocycles. The molecule has 1 fully saturated rings. The molecule has 2 aromatic heterocycles. The summed E-state index contributed by atoms with van der Waals surface area (Å²) in [5.41, 5.74) is 4.56. The number of aryl methyl sites for hydroxylation is 2. The summed E-state index contributed by atoms with van der Waals surface area (Å²) in [6, 6.07) is 10.1. The van der Waals surface area contributed by atoms with Gasteiger partial charge in [-0.3, -0.25) is 9.69 Å². The molecule has 0 spiro atoms. The van der Waals surface area contributed by atoms with Gasteiger partial charge in [-0.25, -0.2) is 9.67 Å². The highest BCUT2D eigenvalue weighted by Crippen LogP contribution is 2.26. The van der Waals surface area contributed by atoms with Crippen LogP contribution in [0.1, 0.15) is 41.4 Å². The van der Waals surface area contributed by atoms with Crippen molar-refractivity contribution in [3.05, 3.63) is 75.7 Å². The second-order valence-electron chi connectivity index (χ2n) is 7.39. The number of aromatic nitrogens is 4. The van der Waals surface area contributed by atoms with Crippen molar-refractivity contribution in [1.29, 1.82) is 0 Å². The fraction of sp³-hybridized carbons (Fsp3) is 0.381. The van der Waals surface area contributed by atoms with Crippen LogP contribution in [0.2, 0.25) is 0 Å². The lowest BCUT2D eigenvalue weighted by Gasteiger charge is -2.32. The van der Waals surface area contributed by atoms with Gasteiger partial charge in [-0.15, -0.1) is 0 Å². The topological polar surface area (TPSA) is 66.8 Å². The van der Waals surface area contributed by atoms with E-state index in [2.05, 4.69) is 45.1 Å². The largest absolute Gasteiger partial charge is 0.311 e. The minimum absolute atomic E-state index is 0.0559. The Morgan fingerprint density at radius 2 is 2.15 bits per heavy atom. The molecule has 27 heavy (non-hydrogen) atoms. The first-order valence-electron chi connectivity index (χ1n) is 9.48. The van der Waals surface area contributed by atoms with Crippen LogP contribution in [0.4, 0.5) is 0 Å². The maximum absolute atomic E-state index is 11.8. The van der Waals surface area contributed by atoms with Crippen molar-refractivity contribution in [3.63, 3.8) is 0 Å². The van der Waals surface area contributed by atoms with Crippen LogP contribution in [0, 0.1) is 13.8 Å². The maximum Gasteiger partial charge on any atom is 0.251 e. The average Bonchev–Trinajstić information content (AvgIpc) is 3.18. The highest BCUT2D eigenvalue weighted by atomic mass is 16.1. The molecular weight excluding hydrogens is 338 g/mol. The van der Waals surface area contributed by atoms with Crippen molar-refractivity contribution in [2.45, 2.75) is 39.2 Å². The molecule has 1 aliphatic rings. The number of H-pyrrole nitrogens is 1. The summed E-state index contributed by atoms with van der Waals surface area (Å²) in [5.74, 6) is 1.02. The van der Waals surface area contributed by atoms with Gasteiger partial charge in [0.25, 0.3) is 5.56 Å². The van der Waals surface area contributed by atoms with Crippen LogP contribution in [0.25, 0.3) is 5.69 Å². The van der Waals surface area contributed by atoms with Crippen molar-refractivity contribution in [2.75, 3.05) is 13.1 Å². The number of nitrogens with one attached hydrogen (secondary N) is 1. The van der Waals surface area contributed by atoms with E-state index in [0.29, 0.717) is 11.7 Å². The van der Waals surface area contributed by atoms with Gasteiger partial charge in [0.05, 0.1) is 11.4 Å². The van der Waals surface area contributed by atoms with Crippen LogP contribution in [0.3, 0.4) is 0 Å². The summed E-state index contributed by atoms with van der Waals surface area (Å²) < 4.78 is 1.88. The van der Waals surface area contributed by atoms with E-state index in [1.54, 1.807) is 12.3 Å². The summed E-state index contributed by atoms with van der Waals surface area (Å²) in [7, 11) is 0. The van der Waals surface area contributed by atoms with Crippen molar-refractivity contribution in [1.82, 2.24) is 24.6 Å². The third-order valence-corrected chi connectivity index (χ3v) is 5.29. The van der Waals surface area contributed by atoms with E-state index in [1.165, 1.54) is 11.1 Å². The van der Waals surface area contributed by atoms with E-state index in [9.17, 15) is 4.79 Å². The predicted octanol–water partition coefficient (Wildman–Crippen LogP) is 2.95. The van der Waals surface area contributed by atoms with Crippen molar-refractivity contribution >= 4 is 0 Å². The normalized spacial score (nSPS) is 17.9. The lowest BCUT2D eigenvalue weighted by atomic mass is 9.94. The molecule has 1 aliphatic heterocycles. The van der Waals surface area contributed by atoms with Gasteiger partial charge in [0, 0.05) is 37.5 Å². The van der Waals surface area contributed by atoms with E-state index in [-0.39, 0.29) is 5.56 Å². The molecular formula is C21H25N5O. The smallest absolute Gasteiger partial charge is 0.251 e. The second kappa shape index (κ2) is 7.48. The van der Waals surface area contributed by atoms with Crippen LogP contribution in [-0.4, -0.2) is 37.7 Å². The standard InChI is InChI=1S/C21H25N5O/c1-15-11-19(26-10-4-8-22-26)7-6-17(15)13-25-9-3-5-18(14-25)20-12-21(27)24-16(2)23-20/h4,6-8,10-12,18H,3,5,9,13-14H2,1-2H3,(H,23,24,27)/t18-/m0/s1. The number of aromatic amines is 1. The van der Waals surface area contributed by atoms with Gasteiger partial charge in [0.15, 0.2) is 0 Å². The number of nitrogens with zero attached hydrogens (tertiary/aromatic N) is 4. The quantitative estimate of drug-likeness (QED) is 0.774. The van der Waals surface area contributed by atoms with E-state index in [4.69, 9.17) is 0 Å². The third-order valence-electron chi connectivity index (χ3n) is 5.29. The number of piperidine rings is 1. The molecule has 1 aromatic carbocycles. The molecule has 140 valence electrons. The molecule has 1 saturated heterocycles. The molecule has 3 heterocycles. The van der Waals surface area contributed by atoms with Gasteiger partial charge in [0.2, 0.25) is 0 Å². The number of rotatable bonds is 4. The SMILES string of the molecule is Cc1nc([C@H]2CCCN(Cc3ccc(-n4cccn4)cc3C)C2)cc(=O)[nH]1. The zero-order valence-electron chi connectivity index (χ0n) is 15.9. The Hall–Kier alpha value is -2.73. The third kappa shape index (κ3) is 4.01. The number of hydrogen-bond donors (Lipinski definition) is 1. The molecule has 3 aromatic rings. The Balaban J connectivity index is 1.48. The fourth-order valence-corrected chi connectivity index (χ4v) is 3.91. The van der Waals surface area contributed by atoms with Crippen molar-refractivity contribution < 1.29 is 0 Å². The minimum atomic E-state index is -0.0559. The predicted molar refractivity (Wildman–Crippen MR) is 105 cm³/mol. The highest BCUT2D eigenvalue weighted by Gasteiger charge is 2.23. The van der Waals surface area contributed by atoms with Crippen LogP contribution in [0.5, 0.6) is 0 Å². The molecule has 0 radical (unpaired) electrons. The average molecular weight is 363 g/mol. The summed E-state index contributed by atoms with van der Waals surface area (Å²) in [4.78, 5) is 21.6. The fourth-order valence-electron chi connectivity index (χ4n) is 3.91. The molecule has 1 N–H and O–H groups in total. The van der Waals surface area contributed by atoms with Crippen LogP contribution < -0.4 is 5.56 Å². The number of likely N-dealkylation sites (tertiary alicyclic amines) is 1. The number of hydrogen-bond acceptors (Lipinski definition) is 4. The highest BCUT2D eigenvalue weighted by molar-refractivity contribution is 5.39. The van der Waals surface area contributed by atoms with E-state index in [1.807, 2.05) is 23.9 Å². The van der Waals surface area contributed by atoms with Gasteiger partial charge in [-0.05, 0) is 62.6 Å². The van der Waals surface area contributed by atoms with Crippen LogP contribution in [0.15, 0.2) is 47.5 Å². The van der Waals surface area contributed by atoms with Gasteiger partial charge in [0.1, 0.15) is 5.82 Å². The molecule has 6 heteroatoms. The van der Waals surface area contributed by atoms with E-state index < -0.39 is 0 Å². The van der Waals surface area contributed by atoms with Crippen molar-refractivity contribution in [2.24, 2.45) is 0 Å². The Morgan fingerprint density at radius 3 is 2.89 bits per heavy atom. The van der Waals surface area contributed by atoms with Crippen LogP contribution >= 0.6 is 0 Å². The molecule has 6 nitrogen and oxygen atoms in total. The lowest BCUT2D eigenvalue weighted by Crippen LogP contribution is -2.35. The number of benzene rings is 1. The first kappa shape index (κ1) is 17.7. The molecule has 0 unspecified atom stereocenters. The van der Waals surface area contributed by atoms with Gasteiger partial charge < -0.3 is 4.98 Å². The Kier molecular flexibility index (Phi) is 4.90. The molecule has 4 rings (SSSR count). The summed E-state index contributed by atoms with van der Waals surface area (Å²) in [6.07, 6.45) is 5.97. The molecule has 1 atom stereocenters. The molecule has 0 bridgehead atoms. The lowest BCUT2D eigenvalue weighted by molar-refractivity contribution is 0.198. The Labute approximate surface area is 158 Å². The molecule has 0 amide bonds. The first-order valence-corrected chi connectivity index (χ1v) is 9.48. The van der Waals surface area contributed by atoms with Gasteiger partial charge in [-0.2, -0.15) is 5.10 Å². The van der Waals surface area contributed by atoms with E-state index in [0.717, 1.165) is 43.9 Å². The second-order valence-corrected chi connectivity index (χ2v) is 7.39. The molecule has 0 saturated carbocycles. The van der Waals surface area contributed by atoms with Gasteiger partial charge in [-0.1, -0.05) is 6.07 Å². The van der Waals surface area contributed by atoms with Crippen molar-refractivity contribution in [3.8, 4) is 5.69 Å². The summed E-state index contributed by atoms with van der Waals surface area (Å²) >= 11 is 0. The van der Waals surface area contributed by atoms with Crippen LogP contribution in [-0.2, 0) is 6.54 Å². The summed E-state index contributed by atoms with van der Waals surface area (Å²) in [6.45, 7) is 6.95.